The summed E-state index contributed by atoms with van der Waals surface area (Å²) in [7, 11) is -4.22. The number of nitrogens with zero attached hydrogens (tertiary/aromatic N) is 5. The molecule has 1 heterocycles. The molecule has 38 heavy (non-hydrogen) atoms. The van der Waals surface area contributed by atoms with Crippen molar-refractivity contribution < 1.29 is 53.5 Å². The summed E-state index contributed by atoms with van der Waals surface area (Å²) in [5.41, 5.74) is 0.170. The van der Waals surface area contributed by atoms with Crippen LogP contribution >= 0.6 is 0 Å². The van der Waals surface area contributed by atoms with Gasteiger partial charge in [-0.3, -0.25) is 4.79 Å². The Labute approximate surface area is 235 Å². The van der Waals surface area contributed by atoms with Crippen LogP contribution in [0.25, 0.3) is 16.5 Å². The van der Waals surface area contributed by atoms with Crippen molar-refractivity contribution in [1.29, 1.82) is 0 Å². The van der Waals surface area contributed by atoms with Crippen LogP contribution in [0.5, 0.6) is 5.75 Å². The number of sulfonamides is 1. The first-order valence-electron chi connectivity index (χ1n) is 11.0. The Morgan fingerprint density at radius 2 is 1.50 bits per heavy atom. The summed E-state index contributed by atoms with van der Waals surface area (Å²) in [6, 6.07) is 16.0. The molecule has 0 saturated carbocycles. The molecule has 0 saturated heterocycles. The molecule has 0 aliphatic carbocycles. The van der Waals surface area contributed by atoms with Gasteiger partial charge in [0.05, 0.1) is 23.8 Å². The van der Waals surface area contributed by atoms with Crippen molar-refractivity contribution in [1.82, 2.24) is 14.1 Å². The number of hydrogen-bond acceptors (Lipinski definition) is 8. The van der Waals surface area contributed by atoms with Crippen LogP contribution in [0.3, 0.4) is 0 Å². The average molecular weight is 597 g/mol. The SMILES string of the molecule is Cc1[n-]n(-c2ccccc2)c(=O)c1N=Nc1c([O-])cc(S(=O)(=O)N(CCO)CCO)c2ccccc12.[Cl-].[Cr+3]. The molecule has 14 heteroatoms. The van der Waals surface area contributed by atoms with E-state index in [4.69, 9.17) is 0 Å². The predicted octanol–water partition coefficient (Wildman–Crippen LogP) is -1.28. The van der Waals surface area contributed by atoms with Gasteiger partial charge in [0.2, 0.25) is 10.0 Å². The van der Waals surface area contributed by atoms with Crippen LogP contribution in [0, 0.1) is 6.92 Å². The number of azo groups is 1. The fourth-order valence-electron chi connectivity index (χ4n) is 3.79. The molecule has 2 N–H and O–H groups in total. The molecule has 4 aromatic rings. The minimum Gasteiger partial charge on any atom is -1.00 e. The molecule has 0 fully saturated rings. The standard InChI is InChI=1S/C24H25N5O6S.ClH.Cr/c1-16-22(24(33)29(27-16)17-7-3-2-4-8-17)25-26-23-19-10-6-5-9-18(19)21(15-20(23)32)36(34,35)28(11-13-30)12-14-31;;/h2-10,15,30-31H,11-14H2,1H3,(H2,25,26,27,32,33);1H;/q;;+3/p-3. The van der Waals surface area contributed by atoms with Crippen molar-refractivity contribution in [2.24, 2.45) is 10.2 Å². The molecule has 1 aromatic heterocycles. The van der Waals surface area contributed by atoms with Gasteiger partial charge < -0.3 is 37.5 Å². The average Bonchev–Trinajstić information content (AvgIpc) is 3.16. The second-order valence-electron chi connectivity index (χ2n) is 7.80. The molecule has 0 bridgehead atoms. The predicted molar refractivity (Wildman–Crippen MR) is 131 cm³/mol. The van der Waals surface area contributed by atoms with Crippen molar-refractivity contribution in [3.8, 4) is 11.4 Å². The topological polar surface area (TPSA) is 162 Å². The molecule has 1 radical (unpaired) electrons. The van der Waals surface area contributed by atoms with Gasteiger partial charge in [-0.1, -0.05) is 55.1 Å². The van der Waals surface area contributed by atoms with E-state index in [2.05, 4.69) is 15.3 Å². The summed E-state index contributed by atoms with van der Waals surface area (Å²) in [6.45, 7) is 0.189. The van der Waals surface area contributed by atoms with Gasteiger partial charge in [0, 0.05) is 29.5 Å². The first kappa shape index (κ1) is 31.2. The zero-order valence-electron chi connectivity index (χ0n) is 20.1. The molecule has 0 aliphatic heterocycles. The van der Waals surface area contributed by atoms with Crippen molar-refractivity contribution in [2.45, 2.75) is 11.8 Å². The van der Waals surface area contributed by atoms with E-state index in [0.717, 1.165) is 10.4 Å². The zero-order chi connectivity index (χ0) is 25.9. The van der Waals surface area contributed by atoms with Crippen LogP contribution in [0.15, 0.2) is 80.6 Å². The van der Waals surface area contributed by atoms with Gasteiger partial charge in [-0.15, -0.1) is 10.8 Å². The van der Waals surface area contributed by atoms with Crippen molar-refractivity contribution in [3.63, 3.8) is 0 Å². The van der Waals surface area contributed by atoms with E-state index < -0.39 is 34.5 Å². The molecule has 0 aliphatic rings. The van der Waals surface area contributed by atoms with Gasteiger partial charge in [0.1, 0.15) is 5.69 Å². The number of para-hydroxylation sites is 1. The first-order valence-corrected chi connectivity index (χ1v) is 12.4. The quantitative estimate of drug-likeness (QED) is 0.228. The van der Waals surface area contributed by atoms with E-state index >= 15 is 0 Å². The summed E-state index contributed by atoms with van der Waals surface area (Å²) < 4.78 is 28.6. The maximum Gasteiger partial charge on any atom is 3.00 e. The van der Waals surface area contributed by atoms with Crippen LogP contribution in [0.2, 0.25) is 0 Å². The third kappa shape index (κ3) is 6.00. The monoisotopic (exact) mass is 596 g/mol. The van der Waals surface area contributed by atoms with Crippen molar-refractivity contribution in [2.75, 3.05) is 26.3 Å². The van der Waals surface area contributed by atoms with E-state index in [1.54, 1.807) is 43.3 Å². The van der Waals surface area contributed by atoms with E-state index in [0.29, 0.717) is 11.4 Å². The smallest absolute Gasteiger partial charge is 1.00 e. The second kappa shape index (κ2) is 13.2. The van der Waals surface area contributed by atoms with Gasteiger partial charge in [-0.05, 0) is 18.2 Å². The molecule has 0 amide bonds. The number of hydrogen-bond donors (Lipinski definition) is 2. The summed E-state index contributed by atoms with van der Waals surface area (Å²) in [6.07, 6.45) is 0. The second-order valence-corrected chi connectivity index (χ2v) is 9.71. The number of fused-ring (bicyclic) bond motifs is 1. The fourth-order valence-corrected chi connectivity index (χ4v) is 5.42. The Hall–Kier alpha value is -3.02. The molecule has 0 atom stereocenters. The number of benzene rings is 3. The fraction of sp³-hybridized carbons (Fsp3) is 0.208. The molecular formula is C24H23ClCrN5O6S. The van der Waals surface area contributed by atoms with Crippen LogP contribution in [-0.4, -0.2) is 53.9 Å². The molecule has 0 spiro atoms. The first-order chi connectivity index (χ1) is 17.3. The van der Waals surface area contributed by atoms with Gasteiger partial charge in [-0.2, -0.15) is 9.42 Å². The molecule has 11 nitrogen and oxygen atoms in total. The molecule has 4 rings (SSSR count). The van der Waals surface area contributed by atoms with E-state index in [9.17, 15) is 28.5 Å². The summed E-state index contributed by atoms with van der Waals surface area (Å²) in [5.74, 6) is -0.718. The Morgan fingerprint density at radius 1 is 0.947 bits per heavy atom. The summed E-state index contributed by atoms with van der Waals surface area (Å²) in [4.78, 5) is 12.6. The number of halogens is 1. The van der Waals surface area contributed by atoms with Gasteiger partial charge in [-0.25, -0.2) is 8.42 Å². The molecule has 0 unspecified atom stereocenters. The Kier molecular flexibility index (Phi) is 10.8. The van der Waals surface area contributed by atoms with E-state index in [-0.39, 0.29) is 69.9 Å². The number of aromatic nitrogens is 2. The number of aryl methyl sites for hydroxylation is 1. The normalized spacial score (nSPS) is 11.6. The van der Waals surface area contributed by atoms with Gasteiger partial charge in [0.15, 0.2) is 0 Å². The van der Waals surface area contributed by atoms with E-state index in [1.165, 1.54) is 16.8 Å². The van der Waals surface area contributed by atoms with Gasteiger partial charge in [0.25, 0.3) is 5.56 Å². The summed E-state index contributed by atoms with van der Waals surface area (Å²) >= 11 is 0. The van der Waals surface area contributed by atoms with E-state index in [1.807, 2.05) is 6.07 Å². The van der Waals surface area contributed by atoms with Crippen LogP contribution in [0.1, 0.15) is 5.69 Å². The van der Waals surface area contributed by atoms with Crippen molar-refractivity contribution in [3.05, 3.63) is 76.7 Å². The van der Waals surface area contributed by atoms with Crippen molar-refractivity contribution >= 4 is 32.2 Å². The Bertz CT molecular complexity index is 1590. The maximum absolute atomic E-state index is 13.3. The molecule has 199 valence electrons. The number of aliphatic hydroxyl groups is 2. The minimum absolute atomic E-state index is 0. The summed E-state index contributed by atoms with van der Waals surface area (Å²) in [5, 5.41) is 44.3. The molecule has 3 aromatic carbocycles. The van der Waals surface area contributed by atoms with Gasteiger partial charge >= 0.3 is 17.4 Å². The van der Waals surface area contributed by atoms with Crippen LogP contribution in [0.4, 0.5) is 11.4 Å². The largest absolute Gasteiger partial charge is 3.00 e. The Balaban J connectivity index is 0.00000253. The number of rotatable bonds is 9. The third-order valence-electron chi connectivity index (χ3n) is 5.50. The van der Waals surface area contributed by atoms with Crippen LogP contribution < -0.4 is 28.2 Å². The van der Waals surface area contributed by atoms with Crippen LogP contribution in [-0.2, 0) is 27.4 Å². The molecular weight excluding hydrogens is 574 g/mol. The number of aliphatic hydroxyl groups excluding tert-OH is 2. The zero-order valence-corrected chi connectivity index (χ0v) is 22.9. The Morgan fingerprint density at radius 3 is 2.11 bits per heavy atom. The minimum atomic E-state index is -4.22. The maximum atomic E-state index is 13.3. The third-order valence-corrected chi connectivity index (χ3v) is 7.44.